The average Bonchev–Trinajstić information content (AvgIpc) is 2.61. The van der Waals surface area contributed by atoms with E-state index >= 15 is 0 Å². The van der Waals surface area contributed by atoms with Crippen molar-refractivity contribution in [3.63, 3.8) is 0 Å². The SMILES string of the molecule is CC1CNC(C)CCN(C2CCC(C)C2C)C1. The summed E-state index contributed by atoms with van der Waals surface area (Å²) in [5.74, 6) is 2.61. The summed E-state index contributed by atoms with van der Waals surface area (Å²) in [6.07, 6.45) is 4.17. The minimum Gasteiger partial charge on any atom is -0.314 e. The molecule has 0 spiro atoms. The molecule has 1 aliphatic heterocycles. The van der Waals surface area contributed by atoms with Crippen LogP contribution in [-0.4, -0.2) is 36.6 Å². The Balaban J connectivity index is 1.97. The summed E-state index contributed by atoms with van der Waals surface area (Å²) in [7, 11) is 0. The fourth-order valence-electron chi connectivity index (χ4n) is 3.58. The Labute approximate surface area is 107 Å². The third-order valence-corrected chi connectivity index (χ3v) is 5.10. The lowest BCUT2D eigenvalue weighted by Crippen LogP contribution is -2.47. The summed E-state index contributed by atoms with van der Waals surface area (Å²) in [4.78, 5) is 2.80. The molecule has 100 valence electrons. The van der Waals surface area contributed by atoms with Crippen LogP contribution >= 0.6 is 0 Å². The summed E-state index contributed by atoms with van der Waals surface area (Å²) in [6.45, 7) is 13.4. The van der Waals surface area contributed by atoms with Gasteiger partial charge in [-0.3, -0.25) is 4.90 Å². The van der Waals surface area contributed by atoms with E-state index in [0.717, 1.165) is 23.8 Å². The molecule has 0 aromatic carbocycles. The van der Waals surface area contributed by atoms with Gasteiger partial charge in [0.25, 0.3) is 0 Å². The molecular weight excluding hydrogens is 208 g/mol. The molecule has 1 N–H and O–H groups in total. The Morgan fingerprint density at radius 3 is 2.41 bits per heavy atom. The van der Waals surface area contributed by atoms with Gasteiger partial charge in [-0.15, -0.1) is 0 Å². The van der Waals surface area contributed by atoms with Gasteiger partial charge in [-0.2, -0.15) is 0 Å². The predicted molar refractivity (Wildman–Crippen MR) is 74.2 cm³/mol. The van der Waals surface area contributed by atoms with Crippen LogP contribution in [0, 0.1) is 17.8 Å². The lowest BCUT2D eigenvalue weighted by molar-refractivity contribution is 0.119. The molecule has 1 saturated carbocycles. The van der Waals surface area contributed by atoms with Crippen LogP contribution in [0.25, 0.3) is 0 Å². The Kier molecular flexibility index (Phi) is 4.48. The van der Waals surface area contributed by atoms with Crippen LogP contribution in [-0.2, 0) is 0 Å². The van der Waals surface area contributed by atoms with E-state index in [4.69, 9.17) is 0 Å². The molecule has 0 aromatic rings. The first-order chi connectivity index (χ1) is 8.08. The van der Waals surface area contributed by atoms with E-state index in [2.05, 4.69) is 37.9 Å². The minimum absolute atomic E-state index is 0.689. The third kappa shape index (κ3) is 3.23. The first-order valence-electron chi connectivity index (χ1n) is 7.55. The molecule has 5 unspecified atom stereocenters. The summed E-state index contributed by atoms with van der Waals surface area (Å²) < 4.78 is 0. The standard InChI is InChI=1S/C15H30N2/c1-11-9-16-13(3)7-8-17(10-11)15-6-5-12(2)14(15)4/h11-16H,5-10H2,1-4H3. The van der Waals surface area contributed by atoms with E-state index in [1.54, 1.807) is 0 Å². The smallest absolute Gasteiger partial charge is 0.0124 e. The highest BCUT2D eigenvalue weighted by Gasteiger charge is 2.34. The van der Waals surface area contributed by atoms with Gasteiger partial charge in [0, 0.05) is 18.6 Å². The van der Waals surface area contributed by atoms with Gasteiger partial charge in [0.1, 0.15) is 0 Å². The molecule has 0 radical (unpaired) electrons. The molecule has 2 rings (SSSR count). The second kappa shape index (κ2) is 5.71. The number of rotatable bonds is 1. The van der Waals surface area contributed by atoms with E-state index in [0.29, 0.717) is 6.04 Å². The van der Waals surface area contributed by atoms with Gasteiger partial charge in [-0.1, -0.05) is 20.8 Å². The first kappa shape index (κ1) is 13.4. The topological polar surface area (TPSA) is 15.3 Å². The van der Waals surface area contributed by atoms with Gasteiger partial charge in [-0.25, -0.2) is 0 Å². The molecular formula is C15H30N2. The van der Waals surface area contributed by atoms with E-state index in [1.807, 2.05) is 0 Å². The summed E-state index contributed by atoms with van der Waals surface area (Å²) in [5, 5.41) is 3.64. The number of nitrogens with one attached hydrogen (secondary N) is 1. The highest BCUT2D eigenvalue weighted by Crippen LogP contribution is 2.35. The summed E-state index contributed by atoms with van der Waals surface area (Å²) in [5.41, 5.74) is 0. The quantitative estimate of drug-likeness (QED) is 0.755. The van der Waals surface area contributed by atoms with Gasteiger partial charge < -0.3 is 5.32 Å². The maximum Gasteiger partial charge on any atom is 0.0124 e. The number of hydrogen-bond acceptors (Lipinski definition) is 2. The molecule has 1 heterocycles. The van der Waals surface area contributed by atoms with Crippen LogP contribution in [0.1, 0.15) is 47.0 Å². The zero-order valence-electron chi connectivity index (χ0n) is 12.1. The van der Waals surface area contributed by atoms with Gasteiger partial charge in [0.05, 0.1) is 0 Å². The van der Waals surface area contributed by atoms with Crippen molar-refractivity contribution in [1.29, 1.82) is 0 Å². The van der Waals surface area contributed by atoms with Crippen molar-refractivity contribution in [2.45, 2.75) is 59.0 Å². The third-order valence-electron chi connectivity index (χ3n) is 5.10. The fraction of sp³-hybridized carbons (Fsp3) is 1.00. The van der Waals surface area contributed by atoms with Crippen molar-refractivity contribution in [3.8, 4) is 0 Å². The molecule has 0 bridgehead atoms. The van der Waals surface area contributed by atoms with Gasteiger partial charge in [0.2, 0.25) is 0 Å². The Bertz CT molecular complexity index is 241. The second-order valence-corrected chi connectivity index (χ2v) is 6.68. The van der Waals surface area contributed by atoms with Gasteiger partial charge >= 0.3 is 0 Å². The maximum atomic E-state index is 3.64. The molecule has 1 aliphatic carbocycles. The van der Waals surface area contributed by atoms with Crippen molar-refractivity contribution in [1.82, 2.24) is 10.2 Å². The molecule has 5 atom stereocenters. The van der Waals surface area contributed by atoms with Crippen molar-refractivity contribution in [3.05, 3.63) is 0 Å². The van der Waals surface area contributed by atoms with Crippen molar-refractivity contribution >= 4 is 0 Å². The zero-order chi connectivity index (χ0) is 12.4. The van der Waals surface area contributed by atoms with E-state index in [-0.39, 0.29) is 0 Å². The second-order valence-electron chi connectivity index (χ2n) is 6.68. The summed E-state index contributed by atoms with van der Waals surface area (Å²) >= 11 is 0. The largest absolute Gasteiger partial charge is 0.314 e. The molecule has 2 aliphatic rings. The van der Waals surface area contributed by atoms with Gasteiger partial charge in [-0.05, 0) is 57.0 Å². The number of hydrogen-bond donors (Lipinski definition) is 1. The van der Waals surface area contributed by atoms with Crippen LogP contribution in [0.2, 0.25) is 0 Å². The van der Waals surface area contributed by atoms with Crippen LogP contribution in [0.5, 0.6) is 0 Å². The van der Waals surface area contributed by atoms with Crippen LogP contribution in [0.4, 0.5) is 0 Å². The normalized spacial score (nSPS) is 45.5. The van der Waals surface area contributed by atoms with Crippen molar-refractivity contribution in [2.24, 2.45) is 17.8 Å². The number of nitrogens with zero attached hydrogens (tertiary/aromatic N) is 1. The Morgan fingerprint density at radius 1 is 1.00 bits per heavy atom. The van der Waals surface area contributed by atoms with Crippen LogP contribution < -0.4 is 5.32 Å². The van der Waals surface area contributed by atoms with E-state index in [1.165, 1.54) is 38.9 Å². The highest BCUT2D eigenvalue weighted by molar-refractivity contribution is 4.88. The first-order valence-corrected chi connectivity index (χ1v) is 7.55. The van der Waals surface area contributed by atoms with Gasteiger partial charge in [0.15, 0.2) is 0 Å². The lowest BCUT2D eigenvalue weighted by atomic mass is 9.95. The maximum absolute atomic E-state index is 3.64. The average molecular weight is 238 g/mol. The highest BCUT2D eigenvalue weighted by atomic mass is 15.2. The zero-order valence-corrected chi connectivity index (χ0v) is 12.1. The monoisotopic (exact) mass is 238 g/mol. The molecule has 1 saturated heterocycles. The summed E-state index contributed by atoms with van der Waals surface area (Å²) in [6, 6.07) is 1.55. The fourth-order valence-corrected chi connectivity index (χ4v) is 3.58. The van der Waals surface area contributed by atoms with Crippen molar-refractivity contribution < 1.29 is 0 Å². The molecule has 0 amide bonds. The van der Waals surface area contributed by atoms with Crippen molar-refractivity contribution in [2.75, 3.05) is 19.6 Å². The molecule has 17 heavy (non-hydrogen) atoms. The minimum atomic E-state index is 0.689. The molecule has 0 aromatic heterocycles. The Morgan fingerprint density at radius 2 is 1.76 bits per heavy atom. The van der Waals surface area contributed by atoms with E-state index < -0.39 is 0 Å². The molecule has 2 nitrogen and oxygen atoms in total. The van der Waals surface area contributed by atoms with E-state index in [9.17, 15) is 0 Å². The Hall–Kier alpha value is -0.0800. The lowest BCUT2D eigenvalue weighted by Gasteiger charge is -2.37. The molecule has 2 heteroatoms. The predicted octanol–water partition coefficient (Wildman–Crippen LogP) is 2.74. The van der Waals surface area contributed by atoms with Crippen LogP contribution in [0.3, 0.4) is 0 Å². The van der Waals surface area contributed by atoms with Crippen LogP contribution in [0.15, 0.2) is 0 Å². The molecule has 2 fully saturated rings.